The number of ether oxygens (including phenoxy) is 3. The van der Waals surface area contributed by atoms with Crippen LogP contribution >= 0.6 is 23.8 Å². The fourth-order valence-corrected chi connectivity index (χ4v) is 2.90. The Hall–Kier alpha value is -2.51. The second-order valence-electron chi connectivity index (χ2n) is 6.21. The topological polar surface area (TPSA) is 64.1 Å². The van der Waals surface area contributed by atoms with Gasteiger partial charge in [0.1, 0.15) is 19.0 Å². The molecule has 0 aromatic heterocycles. The highest BCUT2D eigenvalue weighted by Gasteiger charge is 2.12. The fraction of sp³-hybridized carbons (Fsp3) is 0.333. The second kappa shape index (κ2) is 11.5. The third-order valence-electron chi connectivity index (χ3n) is 4.05. The molecule has 0 saturated carbocycles. The molecule has 2 aromatic carbocycles. The lowest BCUT2D eigenvalue weighted by atomic mass is 10.1. The SMILES string of the molecule is CCNC(=S)N/N=C\c1cc(Cl)c(OCCOc2ccc(C)c(C)c2)c(OC)c1. The largest absolute Gasteiger partial charge is 0.493 e. The second-order valence-corrected chi connectivity index (χ2v) is 7.02. The number of thiocarbonyl (C=S) groups is 1. The van der Waals surface area contributed by atoms with Crippen molar-refractivity contribution in [1.29, 1.82) is 0 Å². The number of nitrogens with zero attached hydrogens (tertiary/aromatic N) is 1. The maximum Gasteiger partial charge on any atom is 0.186 e. The molecule has 0 unspecified atom stereocenters. The van der Waals surface area contributed by atoms with E-state index in [0.29, 0.717) is 34.8 Å². The van der Waals surface area contributed by atoms with Gasteiger partial charge in [0.25, 0.3) is 0 Å². The van der Waals surface area contributed by atoms with Gasteiger partial charge in [-0.3, -0.25) is 5.43 Å². The van der Waals surface area contributed by atoms with Crippen LogP contribution in [0.3, 0.4) is 0 Å². The first-order valence-electron chi connectivity index (χ1n) is 9.21. The molecule has 0 saturated heterocycles. The Balaban J connectivity index is 1.95. The standard InChI is InChI=1S/C21H26ClN3O3S/c1-5-23-21(29)25-24-13-16-11-18(22)20(19(12-16)26-4)28-9-8-27-17-7-6-14(2)15(3)10-17/h6-7,10-13H,5,8-9H2,1-4H3,(H2,23,25,29)/b24-13-. The number of hydrazone groups is 1. The molecule has 2 aromatic rings. The summed E-state index contributed by atoms with van der Waals surface area (Å²) in [6, 6.07) is 9.51. The van der Waals surface area contributed by atoms with Crippen molar-refractivity contribution in [1.82, 2.24) is 10.7 Å². The zero-order chi connectivity index (χ0) is 21.2. The van der Waals surface area contributed by atoms with Crippen molar-refractivity contribution in [3.8, 4) is 17.2 Å². The van der Waals surface area contributed by atoms with E-state index in [9.17, 15) is 0 Å². The van der Waals surface area contributed by atoms with Crippen LogP contribution in [0.1, 0.15) is 23.6 Å². The molecule has 0 bridgehead atoms. The third kappa shape index (κ3) is 7.11. The zero-order valence-electron chi connectivity index (χ0n) is 17.0. The molecule has 0 heterocycles. The number of benzene rings is 2. The van der Waals surface area contributed by atoms with Crippen molar-refractivity contribution >= 4 is 35.1 Å². The number of hydrogen-bond acceptors (Lipinski definition) is 5. The fourth-order valence-electron chi connectivity index (χ4n) is 2.43. The minimum Gasteiger partial charge on any atom is -0.493 e. The average Bonchev–Trinajstić information content (AvgIpc) is 2.69. The van der Waals surface area contributed by atoms with Gasteiger partial charge in [-0.05, 0) is 73.9 Å². The smallest absolute Gasteiger partial charge is 0.186 e. The normalized spacial score (nSPS) is 10.7. The quantitative estimate of drug-likeness (QED) is 0.266. The number of nitrogens with one attached hydrogen (secondary N) is 2. The van der Waals surface area contributed by atoms with Crippen LogP contribution in [0.15, 0.2) is 35.4 Å². The third-order valence-corrected chi connectivity index (χ3v) is 4.56. The molecule has 0 atom stereocenters. The summed E-state index contributed by atoms with van der Waals surface area (Å²) < 4.78 is 16.9. The van der Waals surface area contributed by atoms with E-state index in [4.69, 9.17) is 38.0 Å². The Labute approximate surface area is 182 Å². The molecule has 156 valence electrons. The molecular formula is C21H26ClN3O3S. The Morgan fingerprint density at radius 1 is 1.14 bits per heavy atom. The molecule has 0 aliphatic heterocycles. The Kier molecular flexibility index (Phi) is 9.02. The maximum absolute atomic E-state index is 6.37. The van der Waals surface area contributed by atoms with Crippen molar-refractivity contribution in [2.45, 2.75) is 20.8 Å². The molecule has 0 fully saturated rings. The summed E-state index contributed by atoms with van der Waals surface area (Å²) in [5.41, 5.74) is 5.89. The van der Waals surface area contributed by atoms with Crippen LogP contribution in [0.4, 0.5) is 0 Å². The van der Waals surface area contributed by atoms with E-state index in [0.717, 1.165) is 17.9 Å². The highest BCUT2D eigenvalue weighted by molar-refractivity contribution is 7.80. The number of halogens is 1. The van der Waals surface area contributed by atoms with Gasteiger partial charge in [0.15, 0.2) is 16.6 Å². The summed E-state index contributed by atoms with van der Waals surface area (Å²) in [4.78, 5) is 0. The van der Waals surface area contributed by atoms with Crippen LogP contribution in [0, 0.1) is 13.8 Å². The lowest BCUT2D eigenvalue weighted by molar-refractivity contribution is 0.211. The van der Waals surface area contributed by atoms with Gasteiger partial charge >= 0.3 is 0 Å². The predicted octanol–water partition coefficient (Wildman–Crippen LogP) is 4.24. The summed E-state index contributed by atoms with van der Waals surface area (Å²) in [5.74, 6) is 1.79. The molecule has 2 N–H and O–H groups in total. The molecule has 0 amide bonds. The molecular weight excluding hydrogens is 410 g/mol. The van der Waals surface area contributed by atoms with Crippen LogP contribution in [-0.4, -0.2) is 38.2 Å². The Morgan fingerprint density at radius 3 is 2.59 bits per heavy atom. The number of methoxy groups -OCH3 is 1. The minimum atomic E-state index is 0.328. The van der Waals surface area contributed by atoms with Crippen LogP contribution in [-0.2, 0) is 0 Å². The van der Waals surface area contributed by atoms with E-state index in [1.54, 1.807) is 25.5 Å². The van der Waals surface area contributed by atoms with E-state index in [-0.39, 0.29) is 0 Å². The summed E-state index contributed by atoms with van der Waals surface area (Å²) in [6.07, 6.45) is 1.60. The van der Waals surface area contributed by atoms with Crippen LogP contribution in [0.25, 0.3) is 0 Å². The van der Waals surface area contributed by atoms with Gasteiger partial charge in [-0.2, -0.15) is 5.10 Å². The van der Waals surface area contributed by atoms with Gasteiger partial charge < -0.3 is 19.5 Å². The zero-order valence-corrected chi connectivity index (χ0v) is 18.6. The monoisotopic (exact) mass is 435 g/mol. The molecule has 6 nitrogen and oxygen atoms in total. The average molecular weight is 436 g/mol. The van der Waals surface area contributed by atoms with Crippen LogP contribution in [0.5, 0.6) is 17.2 Å². The minimum absolute atomic E-state index is 0.328. The number of hydrogen-bond donors (Lipinski definition) is 2. The van der Waals surface area contributed by atoms with Crippen molar-refractivity contribution in [2.24, 2.45) is 5.10 Å². The highest BCUT2D eigenvalue weighted by Crippen LogP contribution is 2.36. The summed E-state index contributed by atoms with van der Waals surface area (Å²) in [5, 5.41) is 7.89. The lowest BCUT2D eigenvalue weighted by Gasteiger charge is -2.14. The van der Waals surface area contributed by atoms with Crippen molar-refractivity contribution in [3.63, 3.8) is 0 Å². The number of rotatable bonds is 9. The van der Waals surface area contributed by atoms with Crippen LogP contribution in [0.2, 0.25) is 5.02 Å². The van der Waals surface area contributed by atoms with Gasteiger partial charge in [0, 0.05) is 6.54 Å². The van der Waals surface area contributed by atoms with Crippen LogP contribution < -0.4 is 25.0 Å². The molecule has 2 rings (SSSR count). The van der Waals surface area contributed by atoms with Crippen molar-refractivity contribution in [2.75, 3.05) is 26.9 Å². The molecule has 29 heavy (non-hydrogen) atoms. The van der Waals surface area contributed by atoms with Gasteiger partial charge in [0.2, 0.25) is 0 Å². The summed E-state index contributed by atoms with van der Waals surface area (Å²) in [7, 11) is 1.56. The summed E-state index contributed by atoms with van der Waals surface area (Å²) >= 11 is 11.4. The molecule has 0 aliphatic carbocycles. The van der Waals surface area contributed by atoms with E-state index in [1.807, 2.05) is 25.1 Å². The first-order chi connectivity index (χ1) is 13.9. The molecule has 0 radical (unpaired) electrons. The first kappa shape index (κ1) is 22.8. The molecule has 0 aliphatic rings. The highest BCUT2D eigenvalue weighted by atomic mass is 35.5. The number of aryl methyl sites for hydroxylation is 2. The van der Waals surface area contributed by atoms with Gasteiger partial charge in [0.05, 0.1) is 18.3 Å². The Morgan fingerprint density at radius 2 is 1.90 bits per heavy atom. The summed E-state index contributed by atoms with van der Waals surface area (Å²) in [6.45, 7) is 7.51. The van der Waals surface area contributed by atoms with Gasteiger partial charge in [-0.15, -0.1) is 0 Å². The van der Waals surface area contributed by atoms with E-state index in [1.165, 1.54) is 11.1 Å². The first-order valence-corrected chi connectivity index (χ1v) is 10.0. The van der Waals surface area contributed by atoms with E-state index < -0.39 is 0 Å². The van der Waals surface area contributed by atoms with Crippen molar-refractivity contribution in [3.05, 3.63) is 52.0 Å². The van der Waals surface area contributed by atoms with Crippen molar-refractivity contribution < 1.29 is 14.2 Å². The lowest BCUT2D eigenvalue weighted by Crippen LogP contribution is -2.31. The van der Waals surface area contributed by atoms with E-state index >= 15 is 0 Å². The van der Waals surface area contributed by atoms with Gasteiger partial charge in [-0.1, -0.05) is 17.7 Å². The molecule has 8 heteroatoms. The predicted molar refractivity (Wildman–Crippen MR) is 122 cm³/mol. The Bertz CT molecular complexity index is 874. The van der Waals surface area contributed by atoms with Gasteiger partial charge in [-0.25, -0.2) is 0 Å². The maximum atomic E-state index is 6.37. The molecule has 0 spiro atoms. The van der Waals surface area contributed by atoms with E-state index in [2.05, 4.69) is 29.7 Å².